The van der Waals surface area contributed by atoms with Crippen molar-refractivity contribution in [3.63, 3.8) is 0 Å². The van der Waals surface area contributed by atoms with Crippen LogP contribution in [-0.4, -0.2) is 22.9 Å². The molecule has 0 spiro atoms. The molecule has 16 heavy (non-hydrogen) atoms. The number of hydrogen-bond donors (Lipinski definition) is 0. The Hall–Kier alpha value is -1.51. The standard InChI is InChI=1S/C13H19N3/c1-4-11-7-9-16(10-12(11)5-2)13-6-8-14-15(13)3/h5-6,8H,2,4,7,9-10H2,1,3H3. The summed E-state index contributed by atoms with van der Waals surface area (Å²) in [6.07, 6.45) is 6.13. The van der Waals surface area contributed by atoms with Gasteiger partial charge in [-0.3, -0.25) is 4.68 Å². The van der Waals surface area contributed by atoms with Gasteiger partial charge in [0.25, 0.3) is 0 Å². The normalized spacial score (nSPS) is 16.8. The molecular weight excluding hydrogens is 198 g/mol. The third-order valence-electron chi connectivity index (χ3n) is 3.29. The number of nitrogens with zero attached hydrogens (tertiary/aromatic N) is 3. The zero-order valence-corrected chi connectivity index (χ0v) is 10.1. The second-order valence-electron chi connectivity index (χ2n) is 4.17. The molecular formula is C13H19N3. The van der Waals surface area contributed by atoms with E-state index >= 15 is 0 Å². The van der Waals surface area contributed by atoms with E-state index in [0.29, 0.717) is 0 Å². The Kier molecular flexibility index (Phi) is 3.13. The molecule has 0 saturated heterocycles. The fourth-order valence-electron chi connectivity index (χ4n) is 2.31. The van der Waals surface area contributed by atoms with Gasteiger partial charge in [-0.25, -0.2) is 0 Å². The molecule has 1 aliphatic rings. The highest BCUT2D eigenvalue weighted by Crippen LogP contribution is 2.25. The molecule has 2 rings (SSSR count). The lowest BCUT2D eigenvalue weighted by Crippen LogP contribution is -2.32. The summed E-state index contributed by atoms with van der Waals surface area (Å²) >= 11 is 0. The Morgan fingerprint density at radius 1 is 1.56 bits per heavy atom. The van der Waals surface area contributed by atoms with Gasteiger partial charge < -0.3 is 4.90 Å². The summed E-state index contributed by atoms with van der Waals surface area (Å²) in [5, 5.41) is 4.21. The number of rotatable bonds is 3. The first-order valence-electron chi connectivity index (χ1n) is 5.82. The summed E-state index contributed by atoms with van der Waals surface area (Å²) in [5.41, 5.74) is 2.93. The second kappa shape index (κ2) is 4.56. The fraction of sp³-hybridized carbons (Fsp3) is 0.462. The van der Waals surface area contributed by atoms with Crippen molar-refractivity contribution in [2.75, 3.05) is 18.0 Å². The average Bonchev–Trinajstić information content (AvgIpc) is 2.74. The number of aryl methyl sites for hydroxylation is 1. The van der Waals surface area contributed by atoms with Crippen LogP contribution in [-0.2, 0) is 7.05 Å². The van der Waals surface area contributed by atoms with Gasteiger partial charge in [-0.2, -0.15) is 5.10 Å². The van der Waals surface area contributed by atoms with E-state index in [9.17, 15) is 0 Å². The van der Waals surface area contributed by atoms with Gasteiger partial charge >= 0.3 is 0 Å². The molecule has 1 aliphatic heterocycles. The van der Waals surface area contributed by atoms with Gasteiger partial charge in [0.15, 0.2) is 0 Å². The Labute approximate surface area is 97.1 Å². The van der Waals surface area contributed by atoms with Gasteiger partial charge in [0.1, 0.15) is 5.82 Å². The van der Waals surface area contributed by atoms with E-state index in [1.165, 1.54) is 11.4 Å². The Morgan fingerprint density at radius 2 is 2.38 bits per heavy atom. The molecule has 1 aromatic rings. The highest BCUT2D eigenvalue weighted by molar-refractivity contribution is 5.45. The summed E-state index contributed by atoms with van der Waals surface area (Å²) in [6, 6.07) is 2.07. The van der Waals surface area contributed by atoms with Crippen LogP contribution in [0.2, 0.25) is 0 Å². The fourth-order valence-corrected chi connectivity index (χ4v) is 2.31. The molecule has 0 radical (unpaired) electrons. The minimum absolute atomic E-state index is 0.964. The van der Waals surface area contributed by atoms with E-state index in [-0.39, 0.29) is 0 Å². The Bertz CT molecular complexity index is 415. The molecule has 86 valence electrons. The van der Waals surface area contributed by atoms with Crippen molar-refractivity contribution in [3.05, 3.63) is 36.1 Å². The van der Waals surface area contributed by atoms with Crippen LogP contribution in [0.4, 0.5) is 5.82 Å². The largest absolute Gasteiger partial charge is 0.352 e. The molecule has 0 N–H and O–H groups in total. The van der Waals surface area contributed by atoms with Crippen LogP contribution in [0.15, 0.2) is 36.1 Å². The smallest absolute Gasteiger partial charge is 0.126 e. The molecule has 0 atom stereocenters. The predicted octanol–water partition coefficient (Wildman–Crippen LogP) is 2.52. The average molecular weight is 217 g/mol. The summed E-state index contributed by atoms with van der Waals surface area (Å²) in [4.78, 5) is 2.36. The molecule has 2 heterocycles. The first kappa shape index (κ1) is 11.0. The third kappa shape index (κ3) is 1.90. The molecule has 3 nitrogen and oxygen atoms in total. The van der Waals surface area contributed by atoms with Crippen LogP contribution in [0.5, 0.6) is 0 Å². The third-order valence-corrected chi connectivity index (χ3v) is 3.29. The van der Waals surface area contributed by atoms with Crippen molar-refractivity contribution in [2.24, 2.45) is 7.05 Å². The first-order chi connectivity index (χ1) is 7.76. The van der Waals surface area contributed by atoms with E-state index in [0.717, 1.165) is 25.9 Å². The molecule has 0 aliphatic carbocycles. The van der Waals surface area contributed by atoms with Crippen molar-refractivity contribution >= 4 is 5.82 Å². The maximum atomic E-state index is 4.21. The van der Waals surface area contributed by atoms with Gasteiger partial charge in [-0.1, -0.05) is 25.2 Å². The lowest BCUT2D eigenvalue weighted by atomic mass is 9.98. The van der Waals surface area contributed by atoms with Crippen LogP contribution in [0, 0.1) is 0 Å². The molecule has 0 aromatic carbocycles. The monoisotopic (exact) mass is 217 g/mol. The lowest BCUT2D eigenvalue weighted by Gasteiger charge is -2.31. The topological polar surface area (TPSA) is 21.1 Å². The quantitative estimate of drug-likeness (QED) is 0.775. The first-order valence-corrected chi connectivity index (χ1v) is 5.82. The maximum absolute atomic E-state index is 4.21. The summed E-state index contributed by atoms with van der Waals surface area (Å²) in [5.74, 6) is 1.19. The summed E-state index contributed by atoms with van der Waals surface area (Å²) in [6.45, 7) is 8.18. The van der Waals surface area contributed by atoms with Gasteiger partial charge in [0.05, 0.1) is 6.20 Å². The zero-order valence-electron chi connectivity index (χ0n) is 10.1. The minimum atomic E-state index is 0.964. The number of hydrogen-bond acceptors (Lipinski definition) is 2. The van der Waals surface area contributed by atoms with Gasteiger partial charge in [0.2, 0.25) is 0 Å². The summed E-state index contributed by atoms with van der Waals surface area (Å²) in [7, 11) is 1.99. The van der Waals surface area contributed by atoms with Crippen LogP contribution in [0.3, 0.4) is 0 Å². The van der Waals surface area contributed by atoms with Crippen molar-refractivity contribution in [3.8, 4) is 0 Å². The van der Waals surface area contributed by atoms with Crippen LogP contribution in [0.25, 0.3) is 0 Å². The van der Waals surface area contributed by atoms with Crippen molar-refractivity contribution in [2.45, 2.75) is 19.8 Å². The van der Waals surface area contributed by atoms with Gasteiger partial charge in [-0.15, -0.1) is 0 Å². The van der Waals surface area contributed by atoms with E-state index in [2.05, 4.69) is 29.6 Å². The minimum Gasteiger partial charge on any atom is -0.352 e. The van der Waals surface area contributed by atoms with Crippen molar-refractivity contribution in [1.82, 2.24) is 9.78 Å². The van der Waals surface area contributed by atoms with E-state index < -0.39 is 0 Å². The van der Waals surface area contributed by atoms with E-state index in [4.69, 9.17) is 0 Å². The van der Waals surface area contributed by atoms with Crippen LogP contribution < -0.4 is 4.90 Å². The van der Waals surface area contributed by atoms with Gasteiger partial charge in [-0.05, 0) is 18.4 Å². The molecule has 0 saturated carbocycles. The van der Waals surface area contributed by atoms with Crippen molar-refractivity contribution < 1.29 is 0 Å². The molecule has 0 unspecified atom stereocenters. The van der Waals surface area contributed by atoms with E-state index in [1.807, 2.05) is 24.0 Å². The predicted molar refractivity (Wildman–Crippen MR) is 67.6 cm³/mol. The number of aromatic nitrogens is 2. The molecule has 3 heteroatoms. The number of anilines is 1. The molecule has 0 bridgehead atoms. The molecule has 0 amide bonds. The van der Waals surface area contributed by atoms with E-state index in [1.54, 1.807) is 5.57 Å². The highest BCUT2D eigenvalue weighted by atomic mass is 15.4. The highest BCUT2D eigenvalue weighted by Gasteiger charge is 2.18. The second-order valence-corrected chi connectivity index (χ2v) is 4.17. The Morgan fingerprint density at radius 3 is 2.94 bits per heavy atom. The molecule has 1 aromatic heterocycles. The van der Waals surface area contributed by atoms with Crippen LogP contribution in [0.1, 0.15) is 19.8 Å². The Balaban J connectivity index is 2.22. The molecule has 0 fully saturated rings. The summed E-state index contributed by atoms with van der Waals surface area (Å²) < 4.78 is 1.93. The maximum Gasteiger partial charge on any atom is 0.126 e. The van der Waals surface area contributed by atoms with Crippen molar-refractivity contribution in [1.29, 1.82) is 0 Å². The van der Waals surface area contributed by atoms with Crippen LogP contribution >= 0.6 is 0 Å². The van der Waals surface area contributed by atoms with Gasteiger partial charge in [0, 0.05) is 26.2 Å². The lowest BCUT2D eigenvalue weighted by molar-refractivity contribution is 0.685. The SMILES string of the molecule is C=CC1=C(CC)CCN(c2ccnn2C)C1. The zero-order chi connectivity index (χ0) is 11.5.